The Balaban J connectivity index is 4.07. The average Bonchev–Trinajstić information content (AvgIpc) is 2.15. The topological polar surface area (TPSA) is 12.0 Å². The van der Waals surface area contributed by atoms with E-state index in [4.69, 9.17) is 0 Å². The molecule has 1 nitrogen and oxygen atoms in total. The van der Waals surface area contributed by atoms with Crippen molar-refractivity contribution in [1.29, 1.82) is 0 Å². The van der Waals surface area contributed by atoms with Crippen molar-refractivity contribution in [3.63, 3.8) is 0 Å². The van der Waals surface area contributed by atoms with E-state index in [1.165, 1.54) is 38.5 Å². The van der Waals surface area contributed by atoms with E-state index < -0.39 is 0 Å². The highest BCUT2D eigenvalue weighted by Crippen LogP contribution is 2.24. The first-order valence-corrected chi connectivity index (χ1v) is 5.99. The third-order valence-corrected chi connectivity index (χ3v) is 2.97. The van der Waals surface area contributed by atoms with Crippen LogP contribution in [0.3, 0.4) is 0 Å². The highest BCUT2D eigenvalue weighted by atomic mass is 15.0. The zero-order valence-electron chi connectivity index (χ0n) is 9.95. The van der Waals surface area contributed by atoms with Gasteiger partial charge in [-0.1, -0.05) is 47.0 Å². The third-order valence-electron chi connectivity index (χ3n) is 2.97. The summed E-state index contributed by atoms with van der Waals surface area (Å²) >= 11 is 0. The molecule has 0 radical (unpaired) electrons. The second kappa shape index (κ2) is 7.37. The lowest BCUT2D eigenvalue weighted by atomic mass is 9.85. The van der Waals surface area contributed by atoms with Gasteiger partial charge < -0.3 is 5.32 Å². The minimum absolute atomic E-state index is 0.444. The van der Waals surface area contributed by atoms with Gasteiger partial charge in [-0.05, 0) is 25.8 Å². The van der Waals surface area contributed by atoms with Gasteiger partial charge in [0, 0.05) is 5.54 Å². The average molecular weight is 185 g/mol. The van der Waals surface area contributed by atoms with Crippen molar-refractivity contribution in [2.24, 2.45) is 0 Å². The lowest BCUT2D eigenvalue weighted by Crippen LogP contribution is -2.44. The molecule has 0 aliphatic heterocycles. The fourth-order valence-electron chi connectivity index (χ4n) is 2.15. The molecule has 1 atom stereocenters. The van der Waals surface area contributed by atoms with E-state index in [0.29, 0.717) is 5.54 Å². The van der Waals surface area contributed by atoms with E-state index in [1.807, 2.05) is 0 Å². The number of unbranched alkanes of at least 4 members (excludes halogenated alkanes) is 1. The fraction of sp³-hybridized carbons (Fsp3) is 1.00. The molecule has 0 amide bonds. The maximum absolute atomic E-state index is 3.68. The van der Waals surface area contributed by atoms with Crippen LogP contribution in [0.2, 0.25) is 0 Å². The molecular formula is C12H27N. The molecule has 0 saturated heterocycles. The van der Waals surface area contributed by atoms with Crippen LogP contribution < -0.4 is 5.32 Å². The lowest BCUT2D eigenvalue weighted by molar-refractivity contribution is 0.266. The molecule has 0 heterocycles. The van der Waals surface area contributed by atoms with Crippen molar-refractivity contribution in [2.75, 3.05) is 6.54 Å². The molecule has 0 saturated carbocycles. The summed E-state index contributed by atoms with van der Waals surface area (Å²) in [7, 11) is 0. The molecule has 0 bridgehead atoms. The Morgan fingerprint density at radius 1 is 0.923 bits per heavy atom. The zero-order chi connectivity index (χ0) is 10.2. The first kappa shape index (κ1) is 13.0. The Morgan fingerprint density at radius 2 is 1.62 bits per heavy atom. The number of nitrogens with one attached hydrogen (secondary N) is 1. The van der Waals surface area contributed by atoms with E-state index in [1.54, 1.807) is 0 Å². The second-order valence-electron chi connectivity index (χ2n) is 4.02. The minimum Gasteiger partial charge on any atom is -0.312 e. The lowest BCUT2D eigenvalue weighted by Gasteiger charge is -2.34. The molecule has 13 heavy (non-hydrogen) atoms. The van der Waals surface area contributed by atoms with Crippen LogP contribution in [0.4, 0.5) is 0 Å². The van der Waals surface area contributed by atoms with Gasteiger partial charge in [0.05, 0.1) is 0 Å². The van der Waals surface area contributed by atoms with E-state index in [-0.39, 0.29) is 0 Å². The van der Waals surface area contributed by atoms with Crippen molar-refractivity contribution in [3.8, 4) is 0 Å². The van der Waals surface area contributed by atoms with E-state index >= 15 is 0 Å². The highest BCUT2D eigenvalue weighted by Gasteiger charge is 2.24. The smallest absolute Gasteiger partial charge is 0.0178 e. The van der Waals surface area contributed by atoms with Gasteiger partial charge in [0.25, 0.3) is 0 Å². The summed E-state index contributed by atoms with van der Waals surface area (Å²) in [5.41, 5.74) is 0.444. The van der Waals surface area contributed by atoms with Crippen molar-refractivity contribution in [1.82, 2.24) is 5.32 Å². The SMILES string of the molecule is CCCCC(CC)(CCC)NCC. The van der Waals surface area contributed by atoms with E-state index in [2.05, 4.69) is 33.0 Å². The van der Waals surface area contributed by atoms with Gasteiger partial charge >= 0.3 is 0 Å². The zero-order valence-corrected chi connectivity index (χ0v) is 9.95. The van der Waals surface area contributed by atoms with Crippen LogP contribution in [0.25, 0.3) is 0 Å². The predicted octanol–water partition coefficient (Wildman–Crippen LogP) is 3.74. The molecule has 0 aromatic carbocycles. The molecule has 1 unspecified atom stereocenters. The van der Waals surface area contributed by atoms with Gasteiger partial charge in [-0.2, -0.15) is 0 Å². The van der Waals surface area contributed by atoms with Gasteiger partial charge in [0.2, 0.25) is 0 Å². The Bertz CT molecular complexity index is 104. The van der Waals surface area contributed by atoms with Crippen LogP contribution in [0.1, 0.15) is 66.2 Å². The third kappa shape index (κ3) is 4.66. The normalized spacial score (nSPS) is 15.7. The van der Waals surface area contributed by atoms with Crippen molar-refractivity contribution in [2.45, 2.75) is 71.8 Å². The Hall–Kier alpha value is -0.0400. The maximum atomic E-state index is 3.68. The van der Waals surface area contributed by atoms with Gasteiger partial charge in [-0.25, -0.2) is 0 Å². The molecule has 0 fully saturated rings. The fourth-order valence-corrected chi connectivity index (χ4v) is 2.15. The molecule has 0 aliphatic carbocycles. The molecule has 1 heteroatoms. The minimum atomic E-state index is 0.444. The van der Waals surface area contributed by atoms with Crippen molar-refractivity contribution in [3.05, 3.63) is 0 Å². The summed E-state index contributed by atoms with van der Waals surface area (Å²) in [6, 6.07) is 0. The van der Waals surface area contributed by atoms with Crippen LogP contribution in [-0.2, 0) is 0 Å². The molecule has 0 rings (SSSR count). The molecule has 0 spiro atoms. The second-order valence-corrected chi connectivity index (χ2v) is 4.02. The summed E-state index contributed by atoms with van der Waals surface area (Å²) in [5, 5.41) is 3.68. The predicted molar refractivity (Wildman–Crippen MR) is 61.1 cm³/mol. The van der Waals surface area contributed by atoms with E-state index in [9.17, 15) is 0 Å². The largest absolute Gasteiger partial charge is 0.312 e. The standard InChI is InChI=1S/C12H27N/c1-5-9-11-12(7-3,10-6-2)13-8-4/h13H,5-11H2,1-4H3. The quantitative estimate of drug-likeness (QED) is 0.607. The van der Waals surface area contributed by atoms with Crippen LogP contribution in [0.5, 0.6) is 0 Å². The van der Waals surface area contributed by atoms with E-state index in [0.717, 1.165) is 6.54 Å². The first-order chi connectivity index (χ1) is 6.24. The summed E-state index contributed by atoms with van der Waals surface area (Å²) < 4.78 is 0. The van der Waals surface area contributed by atoms with Gasteiger partial charge in [-0.3, -0.25) is 0 Å². The van der Waals surface area contributed by atoms with Crippen LogP contribution in [0, 0.1) is 0 Å². The molecule has 1 N–H and O–H groups in total. The first-order valence-electron chi connectivity index (χ1n) is 5.99. The molecule has 80 valence electrons. The Kier molecular flexibility index (Phi) is 7.35. The summed E-state index contributed by atoms with van der Waals surface area (Å²) in [5.74, 6) is 0. The molecule has 0 aliphatic rings. The Labute approximate surface area is 84.3 Å². The molecular weight excluding hydrogens is 158 g/mol. The van der Waals surface area contributed by atoms with Crippen LogP contribution in [-0.4, -0.2) is 12.1 Å². The maximum Gasteiger partial charge on any atom is 0.0178 e. The monoisotopic (exact) mass is 185 g/mol. The summed E-state index contributed by atoms with van der Waals surface area (Å²) in [6.07, 6.45) is 7.93. The van der Waals surface area contributed by atoms with Crippen LogP contribution in [0.15, 0.2) is 0 Å². The highest BCUT2D eigenvalue weighted by molar-refractivity contribution is 4.85. The molecule has 0 aromatic heterocycles. The Morgan fingerprint density at radius 3 is 2.00 bits per heavy atom. The number of hydrogen-bond donors (Lipinski definition) is 1. The van der Waals surface area contributed by atoms with Gasteiger partial charge in [0.1, 0.15) is 0 Å². The van der Waals surface area contributed by atoms with Gasteiger partial charge in [0.15, 0.2) is 0 Å². The number of hydrogen-bond acceptors (Lipinski definition) is 1. The van der Waals surface area contributed by atoms with Gasteiger partial charge in [-0.15, -0.1) is 0 Å². The number of rotatable bonds is 8. The van der Waals surface area contributed by atoms with Crippen molar-refractivity contribution < 1.29 is 0 Å². The summed E-state index contributed by atoms with van der Waals surface area (Å²) in [6.45, 7) is 10.2. The molecule has 0 aromatic rings. The van der Waals surface area contributed by atoms with Crippen LogP contribution >= 0.6 is 0 Å². The van der Waals surface area contributed by atoms with Crippen molar-refractivity contribution >= 4 is 0 Å². The summed E-state index contributed by atoms with van der Waals surface area (Å²) in [4.78, 5) is 0.